The van der Waals surface area contributed by atoms with Gasteiger partial charge in [-0.2, -0.15) is 26.3 Å². The number of nitrogens with one attached hydrogen (secondary N) is 1. The van der Waals surface area contributed by atoms with E-state index in [1.54, 1.807) is 30.3 Å². The van der Waals surface area contributed by atoms with Gasteiger partial charge in [-0.25, -0.2) is 4.98 Å². The first-order valence-electron chi connectivity index (χ1n) is 11.8. The Labute approximate surface area is 217 Å². The van der Waals surface area contributed by atoms with Gasteiger partial charge in [0.2, 0.25) is 5.60 Å². The molecule has 3 aromatic rings. The van der Waals surface area contributed by atoms with E-state index < -0.39 is 84.1 Å². The normalized spacial score (nSPS) is 19.1. The summed E-state index contributed by atoms with van der Waals surface area (Å²) in [5, 5.41) is 9.62. The molecule has 39 heavy (non-hydrogen) atoms. The molecule has 2 aromatic heterocycles. The summed E-state index contributed by atoms with van der Waals surface area (Å²) in [5.74, 6) is -3.36. The van der Waals surface area contributed by atoms with Gasteiger partial charge in [-0.3, -0.25) is 9.59 Å². The molecule has 0 saturated heterocycles. The first-order valence-corrected chi connectivity index (χ1v) is 11.8. The van der Waals surface area contributed by atoms with Crippen LogP contribution in [0.15, 0.2) is 40.8 Å². The molecule has 4 rings (SSSR count). The lowest BCUT2D eigenvalue weighted by Crippen LogP contribution is -2.45. The Morgan fingerprint density at radius 2 is 1.72 bits per heavy atom. The lowest BCUT2D eigenvalue weighted by molar-refractivity contribution is -0.299. The Hall–Kier alpha value is -3.81. The number of benzene rings is 1. The van der Waals surface area contributed by atoms with Crippen LogP contribution in [0.25, 0.3) is 11.6 Å². The molecule has 8 nitrogen and oxygen atoms in total. The summed E-state index contributed by atoms with van der Waals surface area (Å²) < 4.78 is 96.2. The van der Waals surface area contributed by atoms with Crippen LogP contribution in [0, 0.1) is 0 Å². The monoisotopic (exact) mass is 556 g/mol. The predicted octanol–water partition coefficient (Wildman–Crippen LogP) is 5.88. The van der Waals surface area contributed by atoms with Crippen molar-refractivity contribution in [2.75, 3.05) is 12.4 Å². The highest BCUT2D eigenvalue weighted by molar-refractivity contribution is 5.97. The zero-order chi connectivity index (χ0) is 28.4. The van der Waals surface area contributed by atoms with Gasteiger partial charge in [0.15, 0.2) is 11.5 Å². The third kappa shape index (κ3) is 5.79. The fraction of sp³-hybridized carbons (Fsp3) is 0.400. The average molecular weight is 556 g/mol. The molecular formula is C25H22F6N4O4. The Morgan fingerprint density at radius 3 is 2.36 bits per heavy atom. The summed E-state index contributed by atoms with van der Waals surface area (Å²) in [6.45, 7) is -0.523. The molecule has 208 valence electrons. The molecule has 1 atom stereocenters. The van der Waals surface area contributed by atoms with Gasteiger partial charge in [0.05, 0.1) is 17.9 Å². The largest absolute Gasteiger partial charge is 0.426 e. The van der Waals surface area contributed by atoms with E-state index in [1.807, 2.05) is 0 Å². The highest BCUT2D eigenvalue weighted by atomic mass is 19.4. The summed E-state index contributed by atoms with van der Waals surface area (Å²) >= 11 is 0. The molecule has 0 fully saturated rings. The lowest BCUT2D eigenvalue weighted by atomic mass is 9.93. The number of Topliss-reactive ketones (excluding diaryl/α,β-unsaturated/α-hetero) is 2. The van der Waals surface area contributed by atoms with Gasteiger partial charge in [0.1, 0.15) is 11.5 Å². The number of ether oxygens (including phenoxy) is 1. The number of carbonyl (C=O) groups is 2. The van der Waals surface area contributed by atoms with Crippen LogP contribution in [0.2, 0.25) is 0 Å². The van der Waals surface area contributed by atoms with Crippen LogP contribution in [-0.4, -0.2) is 40.0 Å². The number of halogens is 6. The Balaban J connectivity index is 1.90. The SMILES string of the molecule is CNc1cc(C(F)(F)F)c2nc1-c1nnc(o1)C(OCc1ccccc1)(C(F)(F)F)CCC(=O)CCCC2=O. The van der Waals surface area contributed by atoms with E-state index in [1.165, 1.54) is 7.05 Å². The van der Waals surface area contributed by atoms with Crippen LogP contribution in [0.4, 0.5) is 32.0 Å². The topological polar surface area (TPSA) is 107 Å². The van der Waals surface area contributed by atoms with Crippen molar-refractivity contribution < 1.29 is 45.1 Å². The van der Waals surface area contributed by atoms with E-state index in [2.05, 4.69) is 20.5 Å². The van der Waals surface area contributed by atoms with Gasteiger partial charge < -0.3 is 14.5 Å². The lowest BCUT2D eigenvalue weighted by Gasteiger charge is -2.32. The van der Waals surface area contributed by atoms with E-state index >= 15 is 0 Å². The number of hydrogen-bond acceptors (Lipinski definition) is 8. The van der Waals surface area contributed by atoms with Crippen LogP contribution in [-0.2, 0) is 27.9 Å². The Morgan fingerprint density at radius 1 is 1.00 bits per heavy atom. The van der Waals surface area contributed by atoms with Crippen molar-refractivity contribution in [3.8, 4) is 11.6 Å². The maximum Gasteiger partial charge on any atom is 0.426 e. The van der Waals surface area contributed by atoms with E-state index in [4.69, 9.17) is 9.15 Å². The molecule has 0 saturated carbocycles. The number of rotatable bonds is 4. The van der Waals surface area contributed by atoms with Crippen LogP contribution in [0.3, 0.4) is 0 Å². The predicted molar refractivity (Wildman–Crippen MR) is 123 cm³/mol. The summed E-state index contributed by atoms with van der Waals surface area (Å²) in [6.07, 6.45) is -12.6. The van der Waals surface area contributed by atoms with Gasteiger partial charge in [-0.15, -0.1) is 10.2 Å². The van der Waals surface area contributed by atoms with Crippen molar-refractivity contribution >= 4 is 17.3 Å². The number of aromatic nitrogens is 3. The van der Waals surface area contributed by atoms with Crippen LogP contribution >= 0.6 is 0 Å². The van der Waals surface area contributed by atoms with Gasteiger partial charge in [0.25, 0.3) is 11.8 Å². The fourth-order valence-electron chi connectivity index (χ4n) is 4.15. The van der Waals surface area contributed by atoms with Crippen molar-refractivity contribution in [3.05, 3.63) is 59.1 Å². The quantitative estimate of drug-likeness (QED) is 0.397. The van der Waals surface area contributed by atoms with Crippen LogP contribution in [0.5, 0.6) is 0 Å². The number of anilines is 1. The first kappa shape index (κ1) is 28.2. The minimum absolute atomic E-state index is 0.179. The van der Waals surface area contributed by atoms with Gasteiger partial charge >= 0.3 is 12.4 Å². The second-order valence-electron chi connectivity index (χ2n) is 8.86. The van der Waals surface area contributed by atoms with Gasteiger partial charge in [-0.1, -0.05) is 30.3 Å². The summed E-state index contributed by atoms with van der Waals surface area (Å²) in [6, 6.07) is 8.56. The van der Waals surface area contributed by atoms with Gasteiger partial charge in [0, 0.05) is 32.7 Å². The third-order valence-corrected chi connectivity index (χ3v) is 6.24. The molecule has 0 aliphatic carbocycles. The second kappa shape index (κ2) is 10.8. The maximum atomic E-state index is 14.7. The molecule has 1 unspecified atom stereocenters. The first-order chi connectivity index (χ1) is 18.4. The van der Waals surface area contributed by atoms with Crippen molar-refractivity contribution in [1.82, 2.24) is 15.2 Å². The molecule has 0 amide bonds. The second-order valence-corrected chi connectivity index (χ2v) is 8.86. The maximum absolute atomic E-state index is 14.7. The number of hydrogen-bond donors (Lipinski definition) is 1. The number of carbonyl (C=O) groups excluding carboxylic acids is 2. The molecule has 4 bridgehead atoms. The van der Waals surface area contributed by atoms with E-state index in [9.17, 15) is 35.9 Å². The van der Waals surface area contributed by atoms with Crippen LogP contribution in [0.1, 0.15) is 59.6 Å². The molecule has 1 aliphatic rings. The number of pyridine rings is 1. The molecule has 1 aromatic carbocycles. The Bertz CT molecular complexity index is 1360. The summed E-state index contributed by atoms with van der Waals surface area (Å²) in [5.41, 5.74) is -5.88. The van der Waals surface area contributed by atoms with Crippen molar-refractivity contribution in [2.45, 2.75) is 56.7 Å². The molecular weight excluding hydrogens is 534 g/mol. The molecule has 3 heterocycles. The fourth-order valence-corrected chi connectivity index (χ4v) is 4.15. The highest BCUT2D eigenvalue weighted by Gasteiger charge is 2.61. The molecule has 1 N–H and O–H groups in total. The van der Waals surface area contributed by atoms with Crippen molar-refractivity contribution in [2.24, 2.45) is 0 Å². The minimum atomic E-state index is -5.14. The van der Waals surface area contributed by atoms with Crippen LogP contribution < -0.4 is 5.32 Å². The molecule has 0 spiro atoms. The molecule has 14 heteroatoms. The molecule has 1 aliphatic heterocycles. The number of ketones is 2. The zero-order valence-corrected chi connectivity index (χ0v) is 20.4. The standard InChI is InChI=1S/C25H22F6N4O4/c1-32-17-12-16(24(26,27)28)19-18(37)9-5-8-15(36)10-11-23(25(29,30)31,38-13-14-6-3-2-4-7-14)22-35-34-21(39-22)20(17)33-19/h2-4,6-7,12,32H,5,8-11,13H2,1H3. The summed E-state index contributed by atoms with van der Waals surface area (Å²) in [7, 11) is 1.26. The van der Waals surface area contributed by atoms with Gasteiger partial charge in [-0.05, 0) is 18.1 Å². The smallest absolute Gasteiger partial charge is 0.416 e. The minimum Gasteiger partial charge on any atom is -0.416 e. The van der Waals surface area contributed by atoms with Crippen molar-refractivity contribution in [3.63, 3.8) is 0 Å². The summed E-state index contributed by atoms with van der Waals surface area (Å²) in [4.78, 5) is 29.0. The number of alkyl halides is 6. The highest BCUT2D eigenvalue weighted by Crippen LogP contribution is 2.47. The van der Waals surface area contributed by atoms with E-state index in [0.29, 0.717) is 11.6 Å². The third-order valence-electron chi connectivity index (χ3n) is 6.24. The molecule has 0 radical (unpaired) electrons. The van der Waals surface area contributed by atoms with E-state index in [-0.39, 0.29) is 18.5 Å². The van der Waals surface area contributed by atoms with Crippen molar-refractivity contribution in [1.29, 1.82) is 0 Å². The number of fused-ring (bicyclic) bond motifs is 5. The zero-order valence-electron chi connectivity index (χ0n) is 20.4. The Kier molecular flexibility index (Phi) is 7.77. The van der Waals surface area contributed by atoms with E-state index in [0.717, 1.165) is 0 Å². The average Bonchev–Trinajstić information content (AvgIpc) is 3.37. The number of nitrogens with zero attached hydrogens (tertiary/aromatic N) is 3.